The van der Waals surface area contributed by atoms with Crippen molar-refractivity contribution in [3.63, 3.8) is 0 Å². The van der Waals surface area contributed by atoms with Gasteiger partial charge in [-0.25, -0.2) is 4.98 Å². The van der Waals surface area contributed by atoms with Gasteiger partial charge in [-0.05, 0) is 74.4 Å². The highest BCUT2D eigenvalue weighted by Crippen LogP contribution is 2.44. The summed E-state index contributed by atoms with van der Waals surface area (Å²) in [5.41, 5.74) is 7.86. The first-order valence-corrected chi connectivity index (χ1v) is 10.0. The van der Waals surface area contributed by atoms with Crippen LogP contribution in [0.1, 0.15) is 63.1 Å². The molecule has 1 aromatic heterocycles. The lowest BCUT2D eigenvalue weighted by molar-refractivity contribution is -0.385. The SMILES string of the molecule is CCCN1c2cc(C)c(/C=N\Nc3ccc([N+](=O)[O-])cn3)cc2C(C)CC1(C)C. The summed E-state index contributed by atoms with van der Waals surface area (Å²) in [5, 5.41) is 15.0. The van der Waals surface area contributed by atoms with E-state index in [0.29, 0.717) is 11.7 Å². The van der Waals surface area contributed by atoms with E-state index in [0.717, 1.165) is 30.5 Å². The van der Waals surface area contributed by atoms with Crippen LogP contribution in [0.3, 0.4) is 0 Å². The average Bonchev–Trinajstić information content (AvgIpc) is 2.66. The Labute approximate surface area is 172 Å². The minimum absolute atomic E-state index is 0.0430. The van der Waals surface area contributed by atoms with E-state index in [1.54, 1.807) is 12.3 Å². The van der Waals surface area contributed by atoms with Crippen LogP contribution in [-0.4, -0.2) is 28.2 Å². The van der Waals surface area contributed by atoms with Crippen LogP contribution in [0.15, 0.2) is 35.6 Å². The average molecular weight is 396 g/mol. The Kier molecular flexibility index (Phi) is 5.86. The molecule has 1 unspecified atom stereocenters. The summed E-state index contributed by atoms with van der Waals surface area (Å²) in [6.45, 7) is 12.3. The zero-order valence-corrected chi connectivity index (χ0v) is 17.8. The number of aromatic nitrogens is 1. The first-order chi connectivity index (χ1) is 13.7. The molecule has 1 aliphatic heterocycles. The molecule has 1 aromatic carbocycles. The molecule has 2 heterocycles. The second kappa shape index (κ2) is 8.19. The number of hydrazone groups is 1. The van der Waals surface area contributed by atoms with E-state index in [1.807, 2.05) is 0 Å². The summed E-state index contributed by atoms with van der Waals surface area (Å²) in [6, 6.07) is 7.46. The molecule has 2 aromatic rings. The monoisotopic (exact) mass is 395 g/mol. The van der Waals surface area contributed by atoms with Gasteiger partial charge in [-0.15, -0.1) is 0 Å². The lowest BCUT2D eigenvalue weighted by atomic mass is 9.79. The molecule has 1 N–H and O–H groups in total. The fraction of sp³-hybridized carbons (Fsp3) is 0.455. The Morgan fingerprint density at radius 2 is 2.17 bits per heavy atom. The summed E-state index contributed by atoms with van der Waals surface area (Å²) in [7, 11) is 0. The molecule has 0 radical (unpaired) electrons. The van der Waals surface area contributed by atoms with Gasteiger partial charge in [0, 0.05) is 23.8 Å². The van der Waals surface area contributed by atoms with Crippen molar-refractivity contribution in [2.45, 2.75) is 58.9 Å². The van der Waals surface area contributed by atoms with Gasteiger partial charge in [-0.2, -0.15) is 5.10 Å². The highest BCUT2D eigenvalue weighted by Gasteiger charge is 2.36. The summed E-state index contributed by atoms with van der Waals surface area (Å²) < 4.78 is 0. The van der Waals surface area contributed by atoms with Crippen LogP contribution >= 0.6 is 0 Å². The molecule has 7 nitrogen and oxygen atoms in total. The lowest BCUT2D eigenvalue weighted by Crippen LogP contribution is -2.48. The van der Waals surface area contributed by atoms with Crippen LogP contribution in [0.2, 0.25) is 0 Å². The maximum absolute atomic E-state index is 10.7. The maximum atomic E-state index is 10.7. The van der Waals surface area contributed by atoms with E-state index in [9.17, 15) is 10.1 Å². The second-order valence-corrected chi connectivity index (χ2v) is 8.37. The third-order valence-corrected chi connectivity index (χ3v) is 5.56. The number of fused-ring (bicyclic) bond motifs is 1. The van der Waals surface area contributed by atoms with Crippen LogP contribution in [0.4, 0.5) is 17.2 Å². The minimum atomic E-state index is -0.471. The molecule has 0 saturated heterocycles. The van der Waals surface area contributed by atoms with E-state index < -0.39 is 4.92 Å². The molecule has 3 rings (SSSR count). The number of benzene rings is 1. The quantitative estimate of drug-likeness (QED) is 0.410. The number of nitro groups is 1. The molecule has 1 atom stereocenters. The molecule has 0 saturated carbocycles. The predicted molar refractivity (Wildman–Crippen MR) is 118 cm³/mol. The Morgan fingerprint density at radius 1 is 1.41 bits per heavy atom. The number of hydrogen-bond acceptors (Lipinski definition) is 6. The van der Waals surface area contributed by atoms with Crippen molar-refractivity contribution in [1.82, 2.24) is 4.98 Å². The zero-order chi connectivity index (χ0) is 21.2. The van der Waals surface area contributed by atoms with Gasteiger partial charge in [0.15, 0.2) is 0 Å². The van der Waals surface area contributed by atoms with E-state index in [1.165, 1.54) is 23.5 Å². The van der Waals surface area contributed by atoms with Gasteiger partial charge in [0.2, 0.25) is 0 Å². The zero-order valence-electron chi connectivity index (χ0n) is 17.8. The molecule has 0 fully saturated rings. The molecule has 7 heteroatoms. The van der Waals surface area contributed by atoms with Gasteiger partial charge < -0.3 is 4.90 Å². The highest BCUT2D eigenvalue weighted by atomic mass is 16.6. The summed E-state index contributed by atoms with van der Waals surface area (Å²) in [4.78, 5) is 16.8. The number of anilines is 2. The predicted octanol–water partition coefficient (Wildman–Crippen LogP) is 5.25. The van der Waals surface area contributed by atoms with Gasteiger partial charge in [0.1, 0.15) is 12.0 Å². The fourth-order valence-electron chi connectivity index (χ4n) is 4.16. The van der Waals surface area contributed by atoms with E-state index >= 15 is 0 Å². The minimum Gasteiger partial charge on any atom is -0.366 e. The largest absolute Gasteiger partial charge is 0.366 e. The van der Waals surface area contributed by atoms with Crippen molar-refractivity contribution in [2.24, 2.45) is 5.10 Å². The van der Waals surface area contributed by atoms with Gasteiger partial charge in [-0.1, -0.05) is 13.8 Å². The number of nitrogens with one attached hydrogen (secondary N) is 1. The molecule has 0 amide bonds. The normalized spacial score (nSPS) is 18.0. The molecule has 0 aliphatic carbocycles. The maximum Gasteiger partial charge on any atom is 0.287 e. The van der Waals surface area contributed by atoms with Crippen LogP contribution in [0.25, 0.3) is 0 Å². The van der Waals surface area contributed by atoms with Gasteiger partial charge in [0.05, 0.1) is 11.1 Å². The van der Waals surface area contributed by atoms with Crippen LogP contribution < -0.4 is 10.3 Å². The van der Waals surface area contributed by atoms with Gasteiger partial charge in [-0.3, -0.25) is 15.5 Å². The lowest BCUT2D eigenvalue weighted by Gasteiger charge is -2.48. The highest BCUT2D eigenvalue weighted by molar-refractivity contribution is 5.84. The molecular weight excluding hydrogens is 366 g/mol. The van der Waals surface area contributed by atoms with Crippen LogP contribution in [-0.2, 0) is 0 Å². The molecule has 0 spiro atoms. The Balaban J connectivity index is 1.83. The molecule has 29 heavy (non-hydrogen) atoms. The number of hydrogen-bond donors (Lipinski definition) is 1. The van der Waals surface area contributed by atoms with Crippen molar-refractivity contribution >= 4 is 23.4 Å². The molecule has 1 aliphatic rings. The summed E-state index contributed by atoms with van der Waals surface area (Å²) in [5.74, 6) is 0.942. The second-order valence-electron chi connectivity index (χ2n) is 8.37. The number of pyridine rings is 1. The standard InChI is InChI=1S/C22H29N5O2/c1-6-9-26-20-10-15(2)17(11-19(20)16(3)12-22(26,4)5)13-24-25-21-8-7-18(14-23-21)27(28)29/h7-8,10-11,13-14,16H,6,9,12H2,1-5H3,(H,23,25)/b24-13-. The number of rotatable bonds is 6. The third-order valence-electron chi connectivity index (χ3n) is 5.56. The van der Waals surface area contributed by atoms with Crippen molar-refractivity contribution in [3.05, 3.63) is 57.3 Å². The fourth-order valence-corrected chi connectivity index (χ4v) is 4.16. The summed E-state index contributed by atoms with van der Waals surface area (Å²) >= 11 is 0. The number of nitrogens with zero attached hydrogens (tertiary/aromatic N) is 4. The van der Waals surface area contributed by atoms with E-state index in [4.69, 9.17) is 0 Å². The Morgan fingerprint density at radius 3 is 2.79 bits per heavy atom. The van der Waals surface area contributed by atoms with Crippen molar-refractivity contribution in [3.8, 4) is 0 Å². The van der Waals surface area contributed by atoms with Crippen molar-refractivity contribution < 1.29 is 4.92 Å². The van der Waals surface area contributed by atoms with E-state index in [2.05, 4.69) is 67.2 Å². The topological polar surface area (TPSA) is 83.7 Å². The smallest absolute Gasteiger partial charge is 0.287 e. The first-order valence-electron chi connectivity index (χ1n) is 10.0. The van der Waals surface area contributed by atoms with Gasteiger partial charge >= 0.3 is 0 Å². The molecule has 0 bridgehead atoms. The van der Waals surface area contributed by atoms with Gasteiger partial charge in [0.25, 0.3) is 5.69 Å². The van der Waals surface area contributed by atoms with E-state index in [-0.39, 0.29) is 11.2 Å². The Hall–Kier alpha value is -2.96. The third kappa shape index (κ3) is 4.39. The molecule has 154 valence electrons. The van der Waals surface area contributed by atoms with Crippen molar-refractivity contribution in [1.29, 1.82) is 0 Å². The van der Waals surface area contributed by atoms with Crippen molar-refractivity contribution in [2.75, 3.05) is 16.9 Å². The van der Waals surface area contributed by atoms with Crippen LogP contribution in [0, 0.1) is 17.0 Å². The molecular formula is C22H29N5O2. The van der Waals surface area contributed by atoms with Crippen LogP contribution in [0.5, 0.6) is 0 Å². The Bertz CT molecular complexity index is 922. The first kappa shape index (κ1) is 20.8. The number of aryl methyl sites for hydroxylation is 1. The summed E-state index contributed by atoms with van der Waals surface area (Å²) in [6.07, 6.45) is 5.24.